The van der Waals surface area contributed by atoms with Crippen molar-refractivity contribution < 1.29 is 9.21 Å². The molecule has 1 aliphatic heterocycles. The Hall–Kier alpha value is -2.12. The van der Waals surface area contributed by atoms with Gasteiger partial charge in [-0.2, -0.15) is 5.10 Å². The highest BCUT2D eigenvalue weighted by atomic mass is 16.3. The maximum Gasteiger partial charge on any atom is 0.272 e. The number of aromatic nitrogens is 2. The van der Waals surface area contributed by atoms with Crippen LogP contribution >= 0.6 is 0 Å². The Morgan fingerprint density at radius 1 is 1.32 bits per heavy atom. The zero-order valence-corrected chi connectivity index (χ0v) is 16.7. The Morgan fingerprint density at radius 2 is 2.18 bits per heavy atom. The summed E-state index contributed by atoms with van der Waals surface area (Å²) in [4.78, 5) is 15.2. The molecule has 152 valence electrons. The van der Waals surface area contributed by atoms with E-state index in [9.17, 15) is 4.79 Å². The second-order valence-electron chi connectivity index (χ2n) is 7.96. The summed E-state index contributed by atoms with van der Waals surface area (Å²) in [6, 6.07) is 4.22. The molecule has 7 heteroatoms. The average molecular weight is 386 g/mol. The maximum atomic E-state index is 12.8. The van der Waals surface area contributed by atoms with Crippen molar-refractivity contribution in [3.63, 3.8) is 0 Å². The van der Waals surface area contributed by atoms with Gasteiger partial charge in [0.1, 0.15) is 5.76 Å². The van der Waals surface area contributed by atoms with Gasteiger partial charge in [0.2, 0.25) is 0 Å². The summed E-state index contributed by atoms with van der Waals surface area (Å²) < 4.78 is 7.29. The highest BCUT2D eigenvalue weighted by Crippen LogP contribution is 2.24. The molecule has 0 spiro atoms. The normalized spacial score (nSPS) is 20.1. The van der Waals surface area contributed by atoms with Crippen LogP contribution in [0.4, 0.5) is 0 Å². The molecule has 2 aromatic rings. The summed E-state index contributed by atoms with van der Waals surface area (Å²) in [5.74, 6) is 0.896. The number of nitrogens with one attached hydrogen (secondary N) is 2. The summed E-state index contributed by atoms with van der Waals surface area (Å²) in [5.41, 5.74) is 2.89. The molecule has 2 aliphatic rings. The quantitative estimate of drug-likeness (QED) is 0.761. The fraction of sp³-hybridized carbons (Fsp3) is 0.619. The molecule has 1 fully saturated rings. The predicted octanol–water partition coefficient (Wildman–Crippen LogP) is 1.88. The van der Waals surface area contributed by atoms with Crippen LogP contribution in [0.3, 0.4) is 0 Å². The lowest BCUT2D eigenvalue weighted by molar-refractivity contribution is 0.0939. The van der Waals surface area contributed by atoms with Crippen LogP contribution < -0.4 is 10.6 Å². The van der Waals surface area contributed by atoms with E-state index in [0.717, 1.165) is 50.2 Å². The number of nitrogens with zero attached hydrogens (tertiary/aromatic N) is 3. The van der Waals surface area contributed by atoms with Gasteiger partial charge in [0.25, 0.3) is 5.91 Å². The summed E-state index contributed by atoms with van der Waals surface area (Å²) in [6.07, 6.45) is 8.39. The Bertz CT molecular complexity index is 777. The fourth-order valence-electron chi connectivity index (χ4n) is 4.40. The highest BCUT2D eigenvalue weighted by molar-refractivity contribution is 5.94. The van der Waals surface area contributed by atoms with Crippen LogP contribution in [0.1, 0.15) is 53.2 Å². The molecule has 1 aliphatic carbocycles. The van der Waals surface area contributed by atoms with E-state index in [2.05, 4.69) is 20.6 Å². The van der Waals surface area contributed by atoms with Crippen LogP contribution in [0.25, 0.3) is 0 Å². The van der Waals surface area contributed by atoms with Gasteiger partial charge in [0.15, 0.2) is 5.69 Å². The largest absolute Gasteiger partial charge is 0.468 e. The molecule has 1 amide bonds. The molecule has 0 bridgehead atoms. The van der Waals surface area contributed by atoms with Crippen molar-refractivity contribution in [2.24, 2.45) is 7.05 Å². The van der Waals surface area contributed by atoms with Gasteiger partial charge in [0.05, 0.1) is 12.8 Å². The lowest BCUT2D eigenvalue weighted by Gasteiger charge is -2.26. The van der Waals surface area contributed by atoms with E-state index < -0.39 is 0 Å². The van der Waals surface area contributed by atoms with E-state index in [4.69, 9.17) is 4.42 Å². The smallest absolute Gasteiger partial charge is 0.272 e. The monoisotopic (exact) mass is 385 g/mol. The van der Waals surface area contributed by atoms with Crippen molar-refractivity contribution >= 4 is 5.91 Å². The van der Waals surface area contributed by atoms with Crippen molar-refractivity contribution in [1.82, 2.24) is 25.3 Å². The van der Waals surface area contributed by atoms with Gasteiger partial charge in [0, 0.05) is 37.4 Å². The minimum atomic E-state index is -0.0412. The topological polar surface area (TPSA) is 75.3 Å². The first kappa shape index (κ1) is 19.2. The summed E-state index contributed by atoms with van der Waals surface area (Å²) in [6.45, 7) is 4.62. The molecular formula is C21H31N5O2. The minimum Gasteiger partial charge on any atom is -0.468 e. The van der Waals surface area contributed by atoms with Crippen molar-refractivity contribution in [3.05, 3.63) is 41.1 Å². The first-order chi connectivity index (χ1) is 13.7. The number of carbonyl (C=O) groups excluding carboxylic acids is 1. The van der Waals surface area contributed by atoms with Crippen LogP contribution in [0, 0.1) is 0 Å². The number of fused-ring (bicyclic) bond motifs is 1. The number of likely N-dealkylation sites (tertiary alicyclic amines) is 1. The van der Waals surface area contributed by atoms with Gasteiger partial charge in [-0.3, -0.25) is 9.48 Å². The summed E-state index contributed by atoms with van der Waals surface area (Å²) in [7, 11) is 1.94. The first-order valence-corrected chi connectivity index (χ1v) is 10.5. The number of furan rings is 1. The zero-order valence-electron chi connectivity index (χ0n) is 16.7. The molecule has 7 nitrogen and oxygen atoms in total. The Morgan fingerprint density at radius 3 is 2.96 bits per heavy atom. The number of piperidine rings is 1. The predicted molar refractivity (Wildman–Crippen MR) is 107 cm³/mol. The Balaban J connectivity index is 1.34. The Labute approximate surface area is 166 Å². The van der Waals surface area contributed by atoms with Gasteiger partial charge in [-0.15, -0.1) is 0 Å². The molecule has 1 atom stereocenters. The minimum absolute atomic E-state index is 0.0412. The molecule has 4 rings (SSSR count). The molecule has 0 radical (unpaired) electrons. The van der Waals surface area contributed by atoms with Crippen LogP contribution in [-0.4, -0.2) is 52.8 Å². The van der Waals surface area contributed by atoms with E-state index in [1.807, 2.05) is 23.9 Å². The van der Waals surface area contributed by atoms with Crippen molar-refractivity contribution in [3.8, 4) is 0 Å². The summed E-state index contributed by atoms with van der Waals surface area (Å²) in [5, 5.41) is 11.2. The molecule has 2 aromatic heterocycles. The zero-order chi connectivity index (χ0) is 19.3. The number of hydrogen-bond donors (Lipinski definition) is 2. The van der Waals surface area contributed by atoms with E-state index in [-0.39, 0.29) is 5.91 Å². The molecule has 2 N–H and O–H groups in total. The lowest BCUT2D eigenvalue weighted by Crippen LogP contribution is -2.38. The number of aryl methyl sites for hydroxylation is 1. The average Bonchev–Trinajstić information content (AvgIpc) is 3.35. The standard InChI is InChI=1S/C21H31N5O2/c1-25-19-8-7-16(23-15-17-6-5-13-28-17)14-18(19)20(24-25)21(27)22-9-12-26-10-3-2-4-11-26/h5-6,13,16,23H,2-4,7-12,14-15H2,1H3,(H,22,27)/t16-/m0/s1. The van der Waals surface area contributed by atoms with Crippen LogP contribution in [0.15, 0.2) is 22.8 Å². The SMILES string of the molecule is Cn1nc(C(=O)NCCN2CCCCC2)c2c1CC[C@H](NCc1ccco1)C2. The number of rotatable bonds is 7. The molecule has 0 unspecified atom stereocenters. The van der Waals surface area contributed by atoms with Crippen LogP contribution in [-0.2, 0) is 26.4 Å². The van der Waals surface area contributed by atoms with E-state index in [1.54, 1.807) is 6.26 Å². The van der Waals surface area contributed by atoms with Gasteiger partial charge in [-0.05, 0) is 57.3 Å². The highest BCUT2D eigenvalue weighted by Gasteiger charge is 2.28. The number of carbonyl (C=O) groups is 1. The van der Waals surface area contributed by atoms with E-state index in [1.165, 1.54) is 25.0 Å². The molecule has 1 saturated heterocycles. The van der Waals surface area contributed by atoms with Gasteiger partial charge >= 0.3 is 0 Å². The fourth-order valence-corrected chi connectivity index (χ4v) is 4.40. The number of hydrogen-bond acceptors (Lipinski definition) is 5. The third-order valence-corrected chi connectivity index (χ3v) is 5.98. The molecule has 3 heterocycles. The van der Waals surface area contributed by atoms with Crippen molar-refractivity contribution in [1.29, 1.82) is 0 Å². The van der Waals surface area contributed by atoms with Crippen molar-refractivity contribution in [2.45, 2.75) is 51.1 Å². The third kappa shape index (κ3) is 4.47. The van der Waals surface area contributed by atoms with Gasteiger partial charge in [-0.1, -0.05) is 6.42 Å². The van der Waals surface area contributed by atoms with Crippen LogP contribution in [0.2, 0.25) is 0 Å². The Kier molecular flexibility index (Phi) is 6.12. The van der Waals surface area contributed by atoms with Crippen LogP contribution in [0.5, 0.6) is 0 Å². The molecule has 0 aromatic carbocycles. The lowest BCUT2D eigenvalue weighted by atomic mass is 9.91. The van der Waals surface area contributed by atoms with Gasteiger partial charge < -0.3 is 20.0 Å². The first-order valence-electron chi connectivity index (χ1n) is 10.5. The summed E-state index contributed by atoms with van der Waals surface area (Å²) >= 11 is 0. The second-order valence-corrected chi connectivity index (χ2v) is 7.96. The second kappa shape index (κ2) is 8.92. The number of amides is 1. The maximum absolute atomic E-state index is 12.8. The third-order valence-electron chi connectivity index (χ3n) is 5.98. The van der Waals surface area contributed by atoms with E-state index >= 15 is 0 Å². The molecule has 28 heavy (non-hydrogen) atoms. The van der Waals surface area contributed by atoms with Crippen molar-refractivity contribution in [2.75, 3.05) is 26.2 Å². The van der Waals surface area contributed by atoms with E-state index in [0.29, 0.717) is 24.8 Å². The molecular weight excluding hydrogens is 354 g/mol. The van der Waals surface area contributed by atoms with Gasteiger partial charge in [-0.25, -0.2) is 0 Å². The molecule has 0 saturated carbocycles.